The number of hydrogen-bond acceptors (Lipinski definition) is 4. The van der Waals surface area contributed by atoms with E-state index in [4.69, 9.17) is 0 Å². The van der Waals surface area contributed by atoms with E-state index in [1.165, 1.54) is 12.1 Å². The maximum absolute atomic E-state index is 13.3. The highest BCUT2D eigenvalue weighted by Gasteiger charge is 2.24. The van der Waals surface area contributed by atoms with E-state index in [2.05, 4.69) is 15.2 Å². The topological polar surface area (TPSA) is 68.3 Å². The molecule has 0 radical (unpaired) electrons. The summed E-state index contributed by atoms with van der Waals surface area (Å²) < 4.78 is 16.8. The van der Waals surface area contributed by atoms with Crippen molar-refractivity contribution in [1.29, 1.82) is 0 Å². The zero-order valence-electron chi connectivity index (χ0n) is 17.4. The number of benzene rings is 1. The maximum Gasteiger partial charge on any atom is 0.274 e. The van der Waals surface area contributed by atoms with Gasteiger partial charge in [0.1, 0.15) is 5.82 Å². The Kier molecular flexibility index (Phi) is 5.07. The lowest BCUT2D eigenvalue weighted by molar-refractivity contribution is 0.0720. The highest BCUT2D eigenvalue weighted by atomic mass is 19.1. The Bertz CT molecular complexity index is 1210. The van der Waals surface area contributed by atoms with E-state index < -0.39 is 0 Å². The summed E-state index contributed by atoms with van der Waals surface area (Å²) in [5, 5.41) is 8.85. The van der Waals surface area contributed by atoms with Gasteiger partial charge in [-0.3, -0.25) is 9.48 Å². The van der Waals surface area contributed by atoms with Crippen molar-refractivity contribution in [3.05, 3.63) is 71.6 Å². The predicted octanol–water partition coefficient (Wildman–Crippen LogP) is 3.80. The second-order valence-electron chi connectivity index (χ2n) is 7.29. The molecule has 1 atom stereocenters. The first-order valence-electron chi connectivity index (χ1n) is 9.77. The number of halogens is 1. The third-order valence-corrected chi connectivity index (χ3v) is 5.52. The molecule has 0 aliphatic carbocycles. The molecule has 154 valence electrons. The summed E-state index contributed by atoms with van der Waals surface area (Å²) in [7, 11) is 3.62. The zero-order valence-corrected chi connectivity index (χ0v) is 17.4. The Morgan fingerprint density at radius 3 is 2.60 bits per heavy atom. The molecule has 0 aliphatic rings. The van der Waals surface area contributed by atoms with Gasteiger partial charge in [-0.2, -0.15) is 10.2 Å². The Balaban J connectivity index is 1.70. The predicted molar refractivity (Wildman–Crippen MR) is 111 cm³/mol. The van der Waals surface area contributed by atoms with Crippen molar-refractivity contribution < 1.29 is 9.18 Å². The van der Waals surface area contributed by atoms with Gasteiger partial charge < -0.3 is 4.90 Å². The van der Waals surface area contributed by atoms with E-state index in [1.807, 2.05) is 27.0 Å². The van der Waals surface area contributed by atoms with Crippen LogP contribution in [0.15, 0.2) is 48.8 Å². The van der Waals surface area contributed by atoms with Crippen LogP contribution in [-0.4, -0.2) is 42.2 Å². The lowest BCUT2D eigenvalue weighted by Crippen LogP contribution is -2.31. The number of amides is 1. The molecule has 7 nitrogen and oxygen atoms in total. The largest absolute Gasteiger partial charge is 0.333 e. The maximum atomic E-state index is 13.3. The smallest absolute Gasteiger partial charge is 0.274 e. The summed E-state index contributed by atoms with van der Waals surface area (Å²) in [4.78, 5) is 19.2. The lowest BCUT2D eigenvalue weighted by Gasteiger charge is -2.27. The molecule has 0 spiro atoms. The average molecular weight is 406 g/mol. The number of rotatable bonds is 5. The molecule has 30 heavy (non-hydrogen) atoms. The van der Waals surface area contributed by atoms with E-state index in [9.17, 15) is 9.18 Å². The second-order valence-corrected chi connectivity index (χ2v) is 7.29. The van der Waals surface area contributed by atoms with Gasteiger partial charge in [-0.25, -0.2) is 13.9 Å². The van der Waals surface area contributed by atoms with E-state index in [0.717, 1.165) is 22.5 Å². The van der Waals surface area contributed by atoms with Crippen LogP contribution in [-0.2, 0) is 7.05 Å². The molecular formula is C22H23FN6O. The quantitative estimate of drug-likeness (QED) is 0.506. The molecule has 0 unspecified atom stereocenters. The fraction of sp³-hybridized carbons (Fsp3) is 0.273. The summed E-state index contributed by atoms with van der Waals surface area (Å²) in [5.74, 6) is -0.516. The minimum Gasteiger partial charge on any atom is -0.333 e. The molecule has 0 N–H and O–H groups in total. The lowest BCUT2D eigenvalue weighted by atomic mass is 10.0. The monoisotopic (exact) mass is 406 g/mol. The third kappa shape index (κ3) is 3.34. The second kappa shape index (κ2) is 7.70. The zero-order chi connectivity index (χ0) is 21.4. The Hall–Kier alpha value is -3.55. The van der Waals surface area contributed by atoms with E-state index in [-0.39, 0.29) is 17.8 Å². The fourth-order valence-corrected chi connectivity index (χ4v) is 3.69. The average Bonchev–Trinajstić information content (AvgIpc) is 3.33. The van der Waals surface area contributed by atoms with E-state index >= 15 is 0 Å². The van der Waals surface area contributed by atoms with Crippen LogP contribution < -0.4 is 0 Å². The van der Waals surface area contributed by atoms with Crippen molar-refractivity contribution in [2.75, 3.05) is 7.05 Å². The van der Waals surface area contributed by atoms with Crippen LogP contribution in [0, 0.1) is 12.7 Å². The van der Waals surface area contributed by atoms with Gasteiger partial charge in [0.25, 0.3) is 5.91 Å². The summed E-state index contributed by atoms with van der Waals surface area (Å²) in [6, 6.07) is 9.60. The highest BCUT2D eigenvalue weighted by molar-refractivity contribution is 5.93. The van der Waals surface area contributed by atoms with Gasteiger partial charge in [-0.1, -0.05) is 19.1 Å². The molecule has 3 heterocycles. The summed E-state index contributed by atoms with van der Waals surface area (Å²) >= 11 is 0. The van der Waals surface area contributed by atoms with Crippen molar-refractivity contribution >= 4 is 11.6 Å². The molecule has 0 aliphatic heterocycles. The number of fused-ring (bicyclic) bond motifs is 1. The van der Waals surface area contributed by atoms with Crippen LogP contribution in [0.25, 0.3) is 16.9 Å². The first-order chi connectivity index (χ1) is 14.4. The number of carbonyl (C=O) groups excluding carboxylic acids is 1. The Morgan fingerprint density at radius 2 is 1.97 bits per heavy atom. The van der Waals surface area contributed by atoms with Crippen molar-refractivity contribution in [2.24, 2.45) is 7.05 Å². The molecule has 0 bridgehead atoms. The Morgan fingerprint density at radius 1 is 1.23 bits per heavy atom. The van der Waals surface area contributed by atoms with Crippen LogP contribution in [0.5, 0.6) is 0 Å². The summed E-state index contributed by atoms with van der Waals surface area (Å²) in [5.41, 5.74) is 4.51. The van der Waals surface area contributed by atoms with Gasteiger partial charge >= 0.3 is 0 Å². The summed E-state index contributed by atoms with van der Waals surface area (Å²) in [6.45, 7) is 3.97. The minimum atomic E-state index is -0.299. The molecule has 8 heteroatoms. The van der Waals surface area contributed by atoms with Crippen molar-refractivity contribution in [2.45, 2.75) is 26.3 Å². The number of carbonyl (C=O) groups is 1. The van der Waals surface area contributed by atoms with Crippen molar-refractivity contribution in [3.63, 3.8) is 0 Å². The molecule has 1 amide bonds. The van der Waals surface area contributed by atoms with Crippen molar-refractivity contribution in [1.82, 2.24) is 29.3 Å². The minimum absolute atomic E-state index is 0.184. The van der Waals surface area contributed by atoms with Crippen LogP contribution in [0.3, 0.4) is 0 Å². The van der Waals surface area contributed by atoms with Gasteiger partial charge in [0.15, 0.2) is 11.3 Å². The van der Waals surface area contributed by atoms with Gasteiger partial charge in [0, 0.05) is 37.6 Å². The normalized spacial score (nSPS) is 12.3. The van der Waals surface area contributed by atoms with Crippen LogP contribution in [0.2, 0.25) is 0 Å². The molecule has 4 aromatic rings. The summed E-state index contributed by atoms with van der Waals surface area (Å²) in [6.07, 6.45) is 4.17. The molecule has 0 saturated heterocycles. The molecule has 4 rings (SSSR count). The van der Waals surface area contributed by atoms with Crippen molar-refractivity contribution in [3.8, 4) is 11.3 Å². The molecule has 3 aromatic heterocycles. The first kappa shape index (κ1) is 19.8. The van der Waals surface area contributed by atoms with E-state index in [0.29, 0.717) is 17.8 Å². The van der Waals surface area contributed by atoms with E-state index in [1.54, 1.807) is 51.7 Å². The van der Waals surface area contributed by atoms with Gasteiger partial charge in [-0.15, -0.1) is 0 Å². The number of hydrogen-bond donors (Lipinski definition) is 0. The van der Waals surface area contributed by atoms with Gasteiger partial charge in [0.2, 0.25) is 0 Å². The number of nitrogens with zero attached hydrogens (tertiary/aromatic N) is 6. The molecule has 0 fully saturated rings. The molecule has 0 saturated carbocycles. The molecule has 1 aromatic carbocycles. The SMILES string of the molecule is CC[C@@H](c1ccc(F)cc1)N(C)C(=O)c1cc2nccc(-c3cnn(C)c3C)n2n1. The Labute approximate surface area is 173 Å². The molecular weight excluding hydrogens is 383 g/mol. The third-order valence-electron chi connectivity index (χ3n) is 5.52. The number of aryl methyl sites for hydroxylation is 1. The fourth-order valence-electron chi connectivity index (χ4n) is 3.69. The van der Waals surface area contributed by atoms with Crippen LogP contribution in [0.4, 0.5) is 4.39 Å². The highest BCUT2D eigenvalue weighted by Crippen LogP contribution is 2.26. The number of aromatic nitrogens is 5. The van der Waals surface area contributed by atoms with Crippen LogP contribution in [0.1, 0.15) is 41.1 Å². The van der Waals surface area contributed by atoms with Crippen LogP contribution >= 0.6 is 0 Å². The standard InChI is InChI=1S/C22H23FN6O/c1-5-19(15-6-8-16(23)9-7-15)27(3)22(30)18-12-21-24-11-10-20(29(21)26-18)17-13-25-28(4)14(17)2/h6-13,19H,5H2,1-4H3/t19-/m0/s1. The van der Waals surface area contributed by atoms with Gasteiger partial charge in [-0.05, 0) is 37.1 Å². The van der Waals surface area contributed by atoms with Gasteiger partial charge in [0.05, 0.1) is 17.9 Å². The first-order valence-corrected chi connectivity index (χ1v) is 9.77.